The molecular formula is C27H20O6S2. The minimum Gasteiger partial charge on any atom is -0.282 e. The highest BCUT2D eigenvalue weighted by Gasteiger charge is 2.52. The third-order valence-electron chi connectivity index (χ3n) is 7.11. The standard InChI is InChI=1S/C27H20O6S2/c1-15-11-23-19(13-25(15)34-33-32-28)20-14-26(35(29,30)31)16(2)12-24(20)27(23)21-9-5-3-7-17(21)18-8-4-6-10-22(18)27/h3-14,28H,1-2H3,(H,29,30,31). The highest BCUT2D eigenvalue weighted by atomic mass is 32.2. The van der Waals surface area contributed by atoms with E-state index in [1.54, 1.807) is 13.0 Å². The molecule has 2 aliphatic carbocycles. The quantitative estimate of drug-likeness (QED) is 0.126. The maximum absolute atomic E-state index is 12.2. The van der Waals surface area contributed by atoms with Gasteiger partial charge in [-0.1, -0.05) is 65.7 Å². The van der Waals surface area contributed by atoms with Crippen molar-refractivity contribution in [2.75, 3.05) is 0 Å². The predicted octanol–water partition coefficient (Wildman–Crippen LogP) is 6.32. The zero-order valence-electron chi connectivity index (χ0n) is 18.8. The number of benzene rings is 4. The Labute approximate surface area is 207 Å². The van der Waals surface area contributed by atoms with Crippen molar-refractivity contribution >= 4 is 22.2 Å². The maximum Gasteiger partial charge on any atom is 0.294 e. The summed E-state index contributed by atoms with van der Waals surface area (Å²) in [6, 6.07) is 24.0. The van der Waals surface area contributed by atoms with Crippen molar-refractivity contribution in [1.29, 1.82) is 0 Å². The summed E-state index contributed by atoms with van der Waals surface area (Å²) in [5, 5.41) is 12.5. The summed E-state index contributed by atoms with van der Waals surface area (Å²) in [7, 11) is -4.43. The van der Waals surface area contributed by atoms with Crippen LogP contribution in [0.15, 0.2) is 82.6 Å². The number of aryl methyl sites for hydroxylation is 2. The summed E-state index contributed by atoms with van der Waals surface area (Å²) in [5.74, 6) is 0. The Morgan fingerprint density at radius 2 is 1.29 bits per heavy atom. The first kappa shape index (κ1) is 22.5. The summed E-state index contributed by atoms with van der Waals surface area (Å²) in [6.45, 7) is 3.65. The number of rotatable bonds is 4. The molecule has 0 unspecified atom stereocenters. The maximum atomic E-state index is 12.2. The Morgan fingerprint density at radius 3 is 1.86 bits per heavy atom. The van der Waals surface area contributed by atoms with E-state index in [4.69, 9.17) is 9.59 Å². The fourth-order valence-corrected chi connectivity index (χ4v) is 7.02. The van der Waals surface area contributed by atoms with Gasteiger partial charge in [0.2, 0.25) is 0 Å². The topological polar surface area (TPSA) is 93.1 Å². The molecule has 0 amide bonds. The van der Waals surface area contributed by atoms with E-state index in [0.29, 0.717) is 10.5 Å². The second-order valence-corrected chi connectivity index (χ2v) is 11.0. The molecule has 6 nitrogen and oxygen atoms in total. The summed E-state index contributed by atoms with van der Waals surface area (Å²) in [4.78, 5) is 0.581. The van der Waals surface area contributed by atoms with Crippen molar-refractivity contribution in [2.24, 2.45) is 0 Å². The summed E-state index contributed by atoms with van der Waals surface area (Å²) >= 11 is 0.863. The molecule has 4 aromatic rings. The molecule has 0 heterocycles. The monoisotopic (exact) mass is 504 g/mol. The van der Waals surface area contributed by atoms with E-state index < -0.39 is 15.5 Å². The molecule has 0 saturated heterocycles. The molecule has 0 saturated carbocycles. The molecule has 35 heavy (non-hydrogen) atoms. The highest BCUT2D eigenvalue weighted by Crippen LogP contribution is 2.63. The SMILES string of the molecule is Cc1cc2c(cc1SOOO)-c1cc(S(=O)(=O)O)c(C)cc1C21c2ccccc2-c2ccccc21. The molecule has 0 aliphatic heterocycles. The Kier molecular flexibility index (Phi) is 4.98. The van der Waals surface area contributed by atoms with Gasteiger partial charge >= 0.3 is 0 Å². The minimum absolute atomic E-state index is 0.122. The molecule has 2 aliphatic rings. The predicted molar refractivity (Wildman–Crippen MR) is 133 cm³/mol. The molecule has 8 heteroatoms. The Balaban J connectivity index is 1.79. The van der Waals surface area contributed by atoms with E-state index in [2.05, 4.69) is 35.4 Å². The average Bonchev–Trinajstić information content (AvgIpc) is 3.28. The van der Waals surface area contributed by atoms with Gasteiger partial charge in [-0.15, -0.1) is 4.33 Å². The molecule has 0 bridgehead atoms. The van der Waals surface area contributed by atoms with Crippen LogP contribution in [0, 0.1) is 13.8 Å². The molecular weight excluding hydrogens is 484 g/mol. The molecule has 4 aromatic carbocycles. The van der Waals surface area contributed by atoms with Crippen molar-refractivity contribution in [2.45, 2.75) is 29.1 Å². The number of fused-ring (bicyclic) bond motifs is 10. The molecule has 2 N–H and O–H groups in total. The molecule has 0 fully saturated rings. The van der Waals surface area contributed by atoms with Crippen LogP contribution < -0.4 is 0 Å². The second kappa shape index (κ2) is 7.76. The molecule has 0 aromatic heterocycles. The van der Waals surface area contributed by atoms with E-state index in [1.165, 1.54) is 0 Å². The number of hydrogen-bond acceptors (Lipinski definition) is 6. The van der Waals surface area contributed by atoms with E-state index in [9.17, 15) is 13.0 Å². The largest absolute Gasteiger partial charge is 0.294 e. The van der Waals surface area contributed by atoms with E-state index in [0.717, 1.165) is 62.1 Å². The lowest BCUT2D eigenvalue weighted by Crippen LogP contribution is -2.26. The van der Waals surface area contributed by atoms with Crippen molar-refractivity contribution in [1.82, 2.24) is 0 Å². The normalized spacial score (nSPS) is 14.5. The van der Waals surface area contributed by atoms with Crippen LogP contribution in [0.2, 0.25) is 0 Å². The smallest absolute Gasteiger partial charge is 0.282 e. The molecule has 1 spiro atoms. The van der Waals surface area contributed by atoms with Gasteiger partial charge in [0.15, 0.2) is 0 Å². The molecule has 0 radical (unpaired) electrons. The van der Waals surface area contributed by atoms with Crippen LogP contribution in [0.25, 0.3) is 22.3 Å². The van der Waals surface area contributed by atoms with Crippen molar-refractivity contribution in [3.8, 4) is 22.3 Å². The lowest BCUT2D eigenvalue weighted by atomic mass is 9.70. The first-order valence-corrected chi connectivity index (χ1v) is 13.1. The third-order valence-corrected chi connectivity index (χ3v) is 8.86. The fraction of sp³-hybridized carbons (Fsp3) is 0.111. The van der Waals surface area contributed by atoms with Crippen LogP contribution in [0.4, 0.5) is 0 Å². The summed E-state index contributed by atoms with van der Waals surface area (Å²) in [6.07, 6.45) is 0. The lowest BCUT2D eigenvalue weighted by Gasteiger charge is -2.31. The van der Waals surface area contributed by atoms with Gasteiger partial charge in [-0.05, 0) is 81.6 Å². The first-order chi connectivity index (χ1) is 16.8. The summed E-state index contributed by atoms with van der Waals surface area (Å²) < 4.78 is 39.1. The average molecular weight is 505 g/mol. The van der Waals surface area contributed by atoms with Gasteiger partial charge < -0.3 is 0 Å². The zero-order chi connectivity index (χ0) is 24.5. The van der Waals surface area contributed by atoms with Gasteiger partial charge in [-0.3, -0.25) is 4.55 Å². The van der Waals surface area contributed by atoms with Crippen LogP contribution in [-0.4, -0.2) is 18.2 Å². The molecule has 176 valence electrons. The lowest BCUT2D eigenvalue weighted by molar-refractivity contribution is -0.432. The van der Waals surface area contributed by atoms with Crippen LogP contribution in [0.3, 0.4) is 0 Å². The Bertz CT molecular complexity index is 1600. The molecule has 0 atom stereocenters. The van der Waals surface area contributed by atoms with Crippen molar-refractivity contribution in [3.63, 3.8) is 0 Å². The van der Waals surface area contributed by atoms with Crippen LogP contribution in [-0.2, 0) is 24.9 Å². The van der Waals surface area contributed by atoms with Gasteiger partial charge in [-0.25, -0.2) is 5.26 Å². The van der Waals surface area contributed by atoms with E-state index >= 15 is 0 Å². The zero-order valence-corrected chi connectivity index (χ0v) is 20.4. The van der Waals surface area contributed by atoms with Crippen LogP contribution in [0.1, 0.15) is 33.4 Å². The van der Waals surface area contributed by atoms with Crippen LogP contribution in [0.5, 0.6) is 0 Å². The van der Waals surface area contributed by atoms with Crippen molar-refractivity contribution in [3.05, 3.63) is 106 Å². The third kappa shape index (κ3) is 3.02. The van der Waals surface area contributed by atoms with Gasteiger partial charge in [0, 0.05) is 4.90 Å². The summed E-state index contributed by atoms with van der Waals surface area (Å²) in [5.41, 5.74) is 8.75. The van der Waals surface area contributed by atoms with Gasteiger partial charge in [-0.2, -0.15) is 8.42 Å². The van der Waals surface area contributed by atoms with Gasteiger partial charge in [0.25, 0.3) is 10.1 Å². The van der Waals surface area contributed by atoms with Crippen LogP contribution >= 0.6 is 12.0 Å². The first-order valence-electron chi connectivity index (χ1n) is 10.9. The van der Waals surface area contributed by atoms with Gasteiger partial charge in [0.1, 0.15) is 0 Å². The fourth-order valence-electron chi connectivity index (χ4n) is 5.82. The minimum atomic E-state index is -4.43. The number of hydrogen-bond donors (Lipinski definition) is 2. The molecule has 6 rings (SSSR count). The van der Waals surface area contributed by atoms with E-state index in [-0.39, 0.29) is 4.90 Å². The Morgan fingerprint density at radius 1 is 0.743 bits per heavy atom. The highest BCUT2D eigenvalue weighted by molar-refractivity contribution is 7.94. The van der Waals surface area contributed by atoms with Crippen molar-refractivity contribution < 1.29 is 27.6 Å². The van der Waals surface area contributed by atoms with E-state index in [1.807, 2.05) is 43.3 Å². The van der Waals surface area contributed by atoms with Gasteiger partial charge in [0.05, 0.1) is 22.4 Å². The second-order valence-electron chi connectivity index (χ2n) is 8.87. The Hall–Kier alpha value is -2.98.